The van der Waals surface area contributed by atoms with E-state index >= 15 is 0 Å². The Hall–Kier alpha value is -3.37. The van der Waals surface area contributed by atoms with Crippen LogP contribution in [0.15, 0.2) is 24.3 Å². The number of amides is 1. The third kappa shape index (κ3) is 5.73. The number of hydrogen-bond donors (Lipinski definition) is 2. The van der Waals surface area contributed by atoms with Crippen LogP contribution in [0.2, 0.25) is 0 Å². The molecule has 1 amide bonds. The summed E-state index contributed by atoms with van der Waals surface area (Å²) in [6, 6.07) is 5.33. The fourth-order valence-electron chi connectivity index (χ4n) is 1.62. The van der Waals surface area contributed by atoms with Crippen molar-refractivity contribution in [3.63, 3.8) is 0 Å². The standard InChI is InChI=1S/C15H18NO5.Fm/c1-15(2,3)21-14(20)11-6-4-10(5-7-11)8-12(13(18)19)16-9-17;/h4-7,12H,8H2,1-3H3,(H,16,17)(H,18,19);/q-1;. The number of rotatable bonds is 6. The number of ether oxygens (including phenoxy) is 1. The summed E-state index contributed by atoms with van der Waals surface area (Å²) in [5, 5.41) is 11.0. The monoisotopic (exact) mass is 549 g/mol. The van der Waals surface area contributed by atoms with Gasteiger partial charge < -0.3 is 20.0 Å². The molecule has 0 heterocycles. The van der Waals surface area contributed by atoms with E-state index in [9.17, 15) is 14.4 Å². The van der Waals surface area contributed by atoms with E-state index < -0.39 is 23.6 Å². The number of hydrogen-bond acceptors (Lipinski definition) is 4. The zero-order valence-electron chi connectivity index (χ0n) is 12.5. The second kappa shape index (κ2) is 7.42. The summed E-state index contributed by atoms with van der Waals surface area (Å²) >= 11 is 0. The van der Waals surface area contributed by atoms with Crippen molar-refractivity contribution < 1.29 is 24.2 Å². The van der Waals surface area contributed by atoms with Gasteiger partial charge in [0, 0.05) is 6.42 Å². The second-order valence-corrected chi connectivity index (χ2v) is 5.54. The minimum Gasteiger partial charge on any atom is -0.520 e. The molecule has 126 valence electrons. The summed E-state index contributed by atoms with van der Waals surface area (Å²) < 4.78 is 5.22. The Morgan fingerprint density at radius 2 is 1.82 bits per heavy atom. The summed E-state index contributed by atoms with van der Waals surface area (Å²) in [5.41, 5.74) is 0.487. The first-order chi connectivity index (χ1) is 9.73. The summed E-state index contributed by atoms with van der Waals surface area (Å²) in [5.74, 6) is -1.59. The Morgan fingerprint density at radius 3 is 2.23 bits per heavy atom. The number of carboxylic acid groups (broad SMARTS) is 1. The average molecular weight is 549 g/mol. The van der Waals surface area contributed by atoms with Crippen LogP contribution < -0.4 is 5.32 Å². The van der Waals surface area contributed by atoms with Crippen molar-refractivity contribution in [3.8, 4) is 0 Å². The molecule has 1 atom stereocenters. The van der Waals surface area contributed by atoms with Crippen molar-refractivity contribution >= 4 is 18.3 Å². The minimum absolute atomic E-state index is 0. The molecule has 1 unspecified atom stereocenters. The van der Waals surface area contributed by atoms with E-state index in [2.05, 4.69) is 5.32 Å². The van der Waals surface area contributed by atoms with Crippen LogP contribution in [0.1, 0.15) is 36.7 Å². The summed E-state index contributed by atoms with van der Waals surface area (Å²) in [6.07, 6.45) is 1.48. The average Bonchev–Trinajstić information content (AvgIpc) is 2.36. The molecule has 0 aliphatic rings. The van der Waals surface area contributed by atoms with E-state index in [1.54, 1.807) is 45.0 Å². The van der Waals surface area contributed by atoms with Gasteiger partial charge in [0.25, 0.3) is 0 Å². The molecule has 0 saturated carbocycles. The van der Waals surface area contributed by atoms with E-state index in [1.165, 1.54) is 6.41 Å². The molecule has 0 aliphatic heterocycles. The van der Waals surface area contributed by atoms with Gasteiger partial charge in [0.1, 0.15) is 11.6 Å². The third-order valence-electron chi connectivity index (χ3n) is 2.56. The van der Waals surface area contributed by atoms with Crippen molar-refractivity contribution in [2.75, 3.05) is 0 Å². The molecular weight excluding hydrogens is 531 g/mol. The Morgan fingerprint density at radius 1 is 1.27 bits per heavy atom. The van der Waals surface area contributed by atoms with Crippen LogP contribution in [0.4, 0.5) is 0 Å². The third-order valence-corrected chi connectivity index (χ3v) is 2.56. The van der Waals surface area contributed by atoms with Crippen LogP contribution >= 0.6 is 0 Å². The predicted octanol–water partition coefficient (Wildman–Crippen LogP) is 1.29. The van der Waals surface area contributed by atoms with Gasteiger partial charge in [-0.15, -0.1) is 0 Å². The molecule has 0 saturated heterocycles. The molecule has 0 radical (unpaired) electrons. The van der Waals surface area contributed by atoms with Gasteiger partial charge in [-0.1, -0.05) is 12.1 Å². The van der Waals surface area contributed by atoms with Crippen LogP contribution in [0.25, 0.3) is 0 Å². The maximum atomic E-state index is 11.8. The number of aliphatic carboxylic acids is 1. The van der Waals surface area contributed by atoms with Crippen molar-refractivity contribution in [1.29, 1.82) is 0 Å². The van der Waals surface area contributed by atoms with E-state index in [4.69, 9.17) is 9.84 Å². The maximum Gasteiger partial charge on any atom is 0.338 e. The summed E-state index contributed by atoms with van der Waals surface area (Å²) in [7, 11) is 0. The van der Waals surface area contributed by atoms with Crippen molar-refractivity contribution in [2.24, 2.45) is 0 Å². The largest absolute Gasteiger partial charge is 0.520 e. The SMILES string of the molecule is CC(C)(C)OC(=O)c1ccc(CC(N[C-]=O)C(=O)O)cc1.[Fm]. The van der Waals surface area contributed by atoms with Gasteiger partial charge in [0.2, 0.25) is 0 Å². The van der Waals surface area contributed by atoms with Gasteiger partial charge >= 0.3 is 11.9 Å². The fourth-order valence-corrected chi connectivity index (χ4v) is 1.62. The first kappa shape index (κ1) is 18.6. The molecule has 0 aromatic heterocycles. The number of esters is 1. The minimum atomic E-state index is -1.14. The normalized spacial score (nSPS) is 11.8. The van der Waals surface area contributed by atoms with Gasteiger partial charge in [-0.25, -0.2) is 4.79 Å². The zero-order chi connectivity index (χ0) is 16.0. The summed E-state index contributed by atoms with van der Waals surface area (Å²) in [4.78, 5) is 33.0. The summed E-state index contributed by atoms with van der Waals surface area (Å²) in [6.45, 7) is 5.33. The van der Waals surface area contributed by atoms with E-state index in [0.29, 0.717) is 11.1 Å². The van der Waals surface area contributed by atoms with Crippen molar-refractivity contribution in [1.82, 2.24) is 5.32 Å². The molecule has 6 nitrogen and oxygen atoms in total. The fraction of sp³-hybridized carbons (Fsp3) is 0.400. The van der Waals surface area contributed by atoms with Crippen LogP contribution in [0.5, 0.6) is 0 Å². The second-order valence-electron chi connectivity index (χ2n) is 5.54. The van der Waals surface area contributed by atoms with E-state index in [-0.39, 0.29) is 6.42 Å². The first-order valence-electron chi connectivity index (χ1n) is 6.40. The van der Waals surface area contributed by atoms with Gasteiger partial charge in [0.05, 0.1) is 5.56 Å². The number of carbonyl (C=O) groups is 2. The Balaban J connectivity index is 0.00000441. The molecule has 0 aliphatic carbocycles. The van der Waals surface area contributed by atoms with Gasteiger partial charge in [0.15, 0.2) is 0 Å². The number of carbonyl (C=O) groups excluding carboxylic acids is 2. The first-order valence-corrected chi connectivity index (χ1v) is 6.40. The topological polar surface area (TPSA) is 92.7 Å². The molecule has 2 N–H and O–H groups in total. The van der Waals surface area contributed by atoms with Crippen LogP contribution in [-0.4, -0.2) is 35.1 Å². The number of carboxylic acids is 1. The molecule has 7 heteroatoms. The van der Waals surface area contributed by atoms with E-state index in [0.717, 1.165) is 0 Å². The van der Waals surface area contributed by atoms with E-state index in [1.807, 2.05) is 0 Å². The molecule has 1 aromatic carbocycles. The molecule has 22 heavy (non-hydrogen) atoms. The Kier molecular flexibility index (Phi) is 6.29. The molecule has 1 rings (SSSR count). The van der Waals surface area contributed by atoms with Crippen LogP contribution in [0.3, 0.4) is 0 Å². The van der Waals surface area contributed by atoms with Crippen LogP contribution in [-0.2, 0) is 20.7 Å². The molecule has 0 bridgehead atoms. The quantitative estimate of drug-likeness (QED) is 0.317. The predicted molar refractivity (Wildman–Crippen MR) is 75.6 cm³/mol. The Bertz CT molecular complexity index is 522. The van der Waals surface area contributed by atoms with Crippen molar-refractivity contribution in [3.05, 3.63) is 35.4 Å². The molecule has 0 spiro atoms. The number of benzene rings is 1. The maximum absolute atomic E-state index is 11.8. The Labute approximate surface area is 123 Å². The van der Waals surface area contributed by atoms with Crippen LogP contribution in [0, 0.1) is 0 Å². The number of nitrogens with one attached hydrogen (secondary N) is 1. The molecular formula is C15H18FmNO5-. The smallest absolute Gasteiger partial charge is 0.338 e. The molecule has 1 aromatic rings. The van der Waals surface area contributed by atoms with Crippen molar-refractivity contribution in [2.45, 2.75) is 38.8 Å². The zero-order valence-corrected chi connectivity index (χ0v) is 14.9. The van der Waals surface area contributed by atoms with Gasteiger partial charge in [-0.05, 0) is 38.5 Å². The van der Waals surface area contributed by atoms with Gasteiger partial charge in [-0.2, -0.15) is 6.41 Å². The van der Waals surface area contributed by atoms with Gasteiger partial charge in [-0.3, -0.25) is 4.79 Å². The molecule has 0 fully saturated rings.